The van der Waals surface area contributed by atoms with Gasteiger partial charge in [-0.15, -0.1) is 0 Å². The molecule has 1 saturated heterocycles. The zero-order valence-corrected chi connectivity index (χ0v) is 21.4. The molecule has 1 heterocycles. The number of para-hydroxylation sites is 1. The van der Waals surface area contributed by atoms with E-state index in [1.807, 2.05) is 61.5 Å². The van der Waals surface area contributed by atoms with Crippen LogP contribution in [0.25, 0.3) is 0 Å². The van der Waals surface area contributed by atoms with E-state index in [-0.39, 0.29) is 18.1 Å². The van der Waals surface area contributed by atoms with Gasteiger partial charge in [-0.1, -0.05) is 48.0 Å². The highest BCUT2D eigenvalue weighted by Gasteiger charge is 2.30. The average Bonchev–Trinajstić information content (AvgIpc) is 2.89. The normalized spacial score (nSPS) is 19.5. The Balaban J connectivity index is 1.44. The zero-order valence-electron chi connectivity index (χ0n) is 20.7. The molecule has 7 heteroatoms. The van der Waals surface area contributed by atoms with Crippen LogP contribution in [-0.2, 0) is 11.2 Å². The van der Waals surface area contributed by atoms with Crippen LogP contribution in [0, 0.1) is 0 Å². The van der Waals surface area contributed by atoms with E-state index in [4.69, 9.17) is 21.1 Å². The highest BCUT2D eigenvalue weighted by Crippen LogP contribution is 2.34. The lowest BCUT2D eigenvalue weighted by Crippen LogP contribution is -2.36. The first kappa shape index (κ1) is 26.0. The fourth-order valence-corrected chi connectivity index (χ4v) is 4.73. The van der Waals surface area contributed by atoms with Crippen molar-refractivity contribution in [3.63, 3.8) is 0 Å². The summed E-state index contributed by atoms with van der Waals surface area (Å²) >= 11 is 6.54. The molecule has 0 bridgehead atoms. The number of hydrogen-bond acceptors (Lipinski definition) is 5. The molecule has 190 valence electrons. The summed E-state index contributed by atoms with van der Waals surface area (Å²) in [5.74, 6) is 0.699. The lowest BCUT2D eigenvalue weighted by molar-refractivity contribution is -0.0916. The minimum absolute atomic E-state index is 0.151. The van der Waals surface area contributed by atoms with Crippen LogP contribution >= 0.6 is 11.6 Å². The molecular formula is C29H33ClN2O4. The lowest BCUT2D eigenvalue weighted by atomic mass is 9.93. The second-order valence-corrected chi connectivity index (χ2v) is 9.39. The van der Waals surface area contributed by atoms with Gasteiger partial charge in [-0.25, -0.2) is 0 Å². The first-order valence-corrected chi connectivity index (χ1v) is 12.7. The number of aliphatic hydroxyl groups is 1. The van der Waals surface area contributed by atoms with E-state index >= 15 is 0 Å². The second kappa shape index (κ2) is 12.3. The molecule has 3 N–H and O–H groups in total. The minimum Gasteiger partial charge on any atom is -0.494 e. The van der Waals surface area contributed by atoms with Crippen molar-refractivity contribution in [1.29, 1.82) is 0 Å². The SMILES string of the molecule is CCOc1ccc(Cc2cc(C3CC(O)CC(CNc4ccccc4C(=O)NC)O3)ccc2Cl)cc1. The summed E-state index contributed by atoms with van der Waals surface area (Å²) in [5, 5.41) is 17.3. The number of carbonyl (C=O) groups excluding carboxylic acids is 1. The Kier molecular flexibility index (Phi) is 8.86. The van der Waals surface area contributed by atoms with Crippen LogP contribution in [0.1, 0.15) is 52.9 Å². The molecule has 1 fully saturated rings. The topological polar surface area (TPSA) is 79.8 Å². The van der Waals surface area contributed by atoms with Crippen molar-refractivity contribution in [3.8, 4) is 5.75 Å². The quantitative estimate of drug-likeness (QED) is 0.361. The Bertz CT molecular complexity index is 1170. The van der Waals surface area contributed by atoms with Gasteiger partial charge in [-0.05, 0) is 60.4 Å². The van der Waals surface area contributed by atoms with Crippen LogP contribution in [0.4, 0.5) is 5.69 Å². The molecule has 0 aromatic heterocycles. The van der Waals surface area contributed by atoms with E-state index in [0.29, 0.717) is 43.0 Å². The van der Waals surface area contributed by atoms with Crippen molar-refractivity contribution in [1.82, 2.24) is 5.32 Å². The third-order valence-electron chi connectivity index (χ3n) is 6.37. The van der Waals surface area contributed by atoms with Gasteiger partial charge in [-0.2, -0.15) is 0 Å². The molecule has 1 amide bonds. The molecule has 0 spiro atoms. The summed E-state index contributed by atoms with van der Waals surface area (Å²) in [6, 6.07) is 21.3. The maximum atomic E-state index is 12.2. The summed E-state index contributed by atoms with van der Waals surface area (Å²) in [4.78, 5) is 12.2. The van der Waals surface area contributed by atoms with E-state index in [9.17, 15) is 9.90 Å². The van der Waals surface area contributed by atoms with Gasteiger partial charge in [0.05, 0.1) is 30.5 Å². The predicted octanol–water partition coefficient (Wildman–Crippen LogP) is 5.38. The predicted molar refractivity (Wildman–Crippen MR) is 143 cm³/mol. The smallest absolute Gasteiger partial charge is 0.253 e. The lowest BCUT2D eigenvalue weighted by Gasteiger charge is -2.34. The third kappa shape index (κ3) is 6.58. The van der Waals surface area contributed by atoms with Crippen molar-refractivity contribution in [2.45, 2.75) is 44.5 Å². The van der Waals surface area contributed by atoms with Gasteiger partial charge in [0.25, 0.3) is 5.91 Å². The van der Waals surface area contributed by atoms with Crippen LogP contribution in [0.5, 0.6) is 5.75 Å². The fraction of sp³-hybridized carbons (Fsp3) is 0.345. The minimum atomic E-state index is -0.477. The van der Waals surface area contributed by atoms with Gasteiger partial charge in [-0.3, -0.25) is 4.79 Å². The van der Waals surface area contributed by atoms with Gasteiger partial charge in [0.2, 0.25) is 0 Å². The number of ether oxygens (including phenoxy) is 2. The Morgan fingerprint density at radius 2 is 1.89 bits per heavy atom. The molecule has 4 rings (SSSR count). The molecule has 3 aromatic rings. The fourth-order valence-electron chi connectivity index (χ4n) is 4.55. The van der Waals surface area contributed by atoms with Crippen LogP contribution in [0.15, 0.2) is 66.7 Å². The van der Waals surface area contributed by atoms with Gasteiger partial charge in [0, 0.05) is 37.1 Å². The molecule has 3 unspecified atom stereocenters. The van der Waals surface area contributed by atoms with Crippen molar-refractivity contribution in [2.24, 2.45) is 0 Å². The third-order valence-corrected chi connectivity index (χ3v) is 6.74. The first-order valence-electron chi connectivity index (χ1n) is 12.3. The summed E-state index contributed by atoms with van der Waals surface area (Å²) in [6.07, 6.45) is 0.811. The average molecular weight is 509 g/mol. The number of benzene rings is 3. The van der Waals surface area contributed by atoms with Crippen LogP contribution in [-0.4, -0.2) is 43.4 Å². The number of aliphatic hydroxyl groups excluding tert-OH is 1. The number of rotatable bonds is 9. The number of hydrogen-bond donors (Lipinski definition) is 3. The second-order valence-electron chi connectivity index (χ2n) is 8.98. The highest BCUT2D eigenvalue weighted by atomic mass is 35.5. The van der Waals surface area contributed by atoms with Gasteiger partial charge < -0.3 is 25.2 Å². The molecule has 0 aliphatic carbocycles. The van der Waals surface area contributed by atoms with Crippen molar-refractivity contribution >= 4 is 23.2 Å². The number of carbonyl (C=O) groups is 1. The zero-order chi connectivity index (χ0) is 25.5. The number of nitrogens with one attached hydrogen (secondary N) is 2. The summed E-state index contributed by atoms with van der Waals surface area (Å²) in [6.45, 7) is 3.08. The number of anilines is 1. The number of amides is 1. The molecule has 3 aromatic carbocycles. The molecule has 6 nitrogen and oxygen atoms in total. The van der Waals surface area contributed by atoms with Gasteiger partial charge in [0.15, 0.2) is 0 Å². The van der Waals surface area contributed by atoms with E-state index in [1.54, 1.807) is 13.1 Å². The van der Waals surface area contributed by atoms with Crippen molar-refractivity contribution < 1.29 is 19.4 Å². The van der Waals surface area contributed by atoms with Gasteiger partial charge in [0.1, 0.15) is 5.75 Å². The van der Waals surface area contributed by atoms with E-state index in [1.165, 1.54) is 0 Å². The van der Waals surface area contributed by atoms with Crippen molar-refractivity contribution in [2.75, 3.05) is 25.5 Å². The molecule has 1 aliphatic rings. The molecule has 3 atom stereocenters. The Morgan fingerprint density at radius 1 is 1.11 bits per heavy atom. The molecule has 0 radical (unpaired) electrons. The van der Waals surface area contributed by atoms with Gasteiger partial charge >= 0.3 is 0 Å². The molecule has 36 heavy (non-hydrogen) atoms. The first-order chi connectivity index (χ1) is 17.5. The summed E-state index contributed by atoms with van der Waals surface area (Å²) < 4.78 is 11.9. The Labute approximate surface area is 217 Å². The standard InChI is InChI=1S/C29H33ClN2O4/c1-3-35-23-11-8-19(9-12-23)14-21-15-20(10-13-26(21)30)28-17-22(33)16-24(36-28)18-32-27-7-5-4-6-25(27)29(34)31-2/h4-13,15,22,24,28,32-33H,3,14,16-18H2,1-2H3,(H,31,34). The largest absolute Gasteiger partial charge is 0.494 e. The Hall–Kier alpha value is -3.06. The molecule has 1 aliphatic heterocycles. The monoisotopic (exact) mass is 508 g/mol. The summed E-state index contributed by atoms with van der Waals surface area (Å²) in [5.41, 5.74) is 4.45. The highest BCUT2D eigenvalue weighted by molar-refractivity contribution is 6.31. The van der Waals surface area contributed by atoms with E-state index in [0.717, 1.165) is 28.1 Å². The summed E-state index contributed by atoms with van der Waals surface area (Å²) in [7, 11) is 1.61. The Morgan fingerprint density at radius 3 is 2.64 bits per heavy atom. The van der Waals surface area contributed by atoms with E-state index in [2.05, 4.69) is 16.7 Å². The number of halogens is 1. The van der Waals surface area contributed by atoms with Crippen molar-refractivity contribution in [3.05, 3.63) is 94.0 Å². The maximum absolute atomic E-state index is 12.2. The van der Waals surface area contributed by atoms with Crippen LogP contribution in [0.2, 0.25) is 5.02 Å². The van der Waals surface area contributed by atoms with Crippen LogP contribution < -0.4 is 15.4 Å². The molecule has 0 saturated carbocycles. The van der Waals surface area contributed by atoms with Crippen LogP contribution in [0.3, 0.4) is 0 Å². The molecular weight excluding hydrogens is 476 g/mol. The maximum Gasteiger partial charge on any atom is 0.253 e. The van der Waals surface area contributed by atoms with E-state index < -0.39 is 6.10 Å².